The predicted octanol–water partition coefficient (Wildman–Crippen LogP) is 0.201. The number of rotatable bonds is 6. The predicted molar refractivity (Wildman–Crippen MR) is 103 cm³/mol. The van der Waals surface area contributed by atoms with Gasteiger partial charge in [-0.1, -0.05) is 30.3 Å². The fourth-order valence-corrected chi connectivity index (χ4v) is 3.77. The van der Waals surface area contributed by atoms with E-state index in [-0.39, 0.29) is 17.7 Å². The Morgan fingerprint density at radius 2 is 2.00 bits per heavy atom. The van der Waals surface area contributed by atoms with Crippen molar-refractivity contribution in [3.63, 3.8) is 0 Å². The molecule has 0 saturated carbocycles. The molecule has 0 aromatic heterocycles. The minimum atomic E-state index is -0.451. The zero-order valence-electron chi connectivity index (χ0n) is 15.8. The van der Waals surface area contributed by atoms with E-state index >= 15 is 0 Å². The fourth-order valence-electron chi connectivity index (χ4n) is 3.77. The summed E-state index contributed by atoms with van der Waals surface area (Å²) in [6, 6.07) is 10.3. The molecule has 2 fully saturated rings. The second-order valence-corrected chi connectivity index (χ2v) is 7.28. The lowest BCUT2D eigenvalue weighted by Gasteiger charge is -2.38. The van der Waals surface area contributed by atoms with Crippen LogP contribution in [0.2, 0.25) is 0 Å². The monoisotopic (exact) mass is 374 g/mol. The molecule has 2 aliphatic rings. The van der Waals surface area contributed by atoms with Gasteiger partial charge < -0.3 is 20.7 Å². The van der Waals surface area contributed by atoms with E-state index in [1.807, 2.05) is 18.2 Å². The van der Waals surface area contributed by atoms with Gasteiger partial charge in [0.1, 0.15) is 6.10 Å². The molecule has 7 heteroatoms. The standard InChI is InChI=1S/C20H30N4O3/c21-8-9-22-19(25)17-7-4-10-24(14-17)20(26)18-15-23(11-12-27-18)13-16-5-2-1-3-6-16/h1-3,5-6,17-18H,4,7-15,21H2,(H,22,25). The SMILES string of the molecule is NCCNC(=O)C1CCCN(C(=O)C2CN(Cc3ccccc3)CCO2)C1. The Morgan fingerprint density at radius 1 is 1.19 bits per heavy atom. The van der Waals surface area contributed by atoms with E-state index in [1.54, 1.807) is 4.90 Å². The van der Waals surface area contributed by atoms with Crippen molar-refractivity contribution < 1.29 is 14.3 Å². The summed E-state index contributed by atoms with van der Waals surface area (Å²) in [5, 5.41) is 2.83. The Hall–Kier alpha value is -1.96. The molecule has 2 aliphatic heterocycles. The van der Waals surface area contributed by atoms with Gasteiger partial charge in [-0.25, -0.2) is 0 Å². The fraction of sp³-hybridized carbons (Fsp3) is 0.600. The van der Waals surface area contributed by atoms with Crippen LogP contribution in [0.5, 0.6) is 0 Å². The van der Waals surface area contributed by atoms with Crippen LogP contribution in [0, 0.1) is 5.92 Å². The number of morpholine rings is 1. The molecule has 0 aliphatic carbocycles. The average molecular weight is 374 g/mol. The lowest BCUT2D eigenvalue weighted by molar-refractivity contribution is -0.152. The lowest BCUT2D eigenvalue weighted by Crippen LogP contribution is -2.54. The molecule has 0 bridgehead atoms. The number of piperidine rings is 1. The van der Waals surface area contributed by atoms with E-state index in [9.17, 15) is 9.59 Å². The van der Waals surface area contributed by atoms with Crippen molar-refractivity contribution in [3.8, 4) is 0 Å². The summed E-state index contributed by atoms with van der Waals surface area (Å²) in [6.07, 6.45) is 1.20. The summed E-state index contributed by atoms with van der Waals surface area (Å²) in [6.45, 7) is 4.84. The number of likely N-dealkylation sites (tertiary alicyclic amines) is 1. The quantitative estimate of drug-likeness (QED) is 0.743. The first-order valence-electron chi connectivity index (χ1n) is 9.82. The first kappa shape index (κ1) is 19.8. The van der Waals surface area contributed by atoms with E-state index < -0.39 is 6.10 Å². The number of carbonyl (C=O) groups excluding carboxylic acids is 2. The van der Waals surface area contributed by atoms with Crippen molar-refractivity contribution in [1.29, 1.82) is 0 Å². The van der Waals surface area contributed by atoms with E-state index in [0.29, 0.717) is 39.3 Å². The third-order valence-electron chi connectivity index (χ3n) is 5.22. The van der Waals surface area contributed by atoms with Gasteiger partial charge in [-0.2, -0.15) is 0 Å². The Kier molecular flexibility index (Phi) is 7.20. The van der Waals surface area contributed by atoms with Gasteiger partial charge in [-0.05, 0) is 18.4 Å². The Balaban J connectivity index is 1.53. The summed E-state index contributed by atoms with van der Waals surface area (Å²) < 4.78 is 5.77. The number of benzene rings is 1. The van der Waals surface area contributed by atoms with Crippen molar-refractivity contribution in [3.05, 3.63) is 35.9 Å². The summed E-state index contributed by atoms with van der Waals surface area (Å²) in [5.41, 5.74) is 6.68. The molecule has 1 aromatic carbocycles. The smallest absolute Gasteiger partial charge is 0.253 e. The average Bonchev–Trinajstić information content (AvgIpc) is 2.72. The van der Waals surface area contributed by atoms with Crippen LogP contribution in [-0.4, -0.2) is 73.6 Å². The van der Waals surface area contributed by atoms with Crippen molar-refractivity contribution in [2.45, 2.75) is 25.5 Å². The van der Waals surface area contributed by atoms with Crippen LogP contribution >= 0.6 is 0 Å². The molecule has 2 atom stereocenters. The van der Waals surface area contributed by atoms with E-state index in [4.69, 9.17) is 10.5 Å². The van der Waals surface area contributed by atoms with Crippen LogP contribution in [0.3, 0.4) is 0 Å². The summed E-state index contributed by atoms with van der Waals surface area (Å²) in [5.74, 6) is -0.157. The number of amides is 2. The molecule has 2 amide bonds. The molecular formula is C20H30N4O3. The molecule has 2 saturated heterocycles. The van der Waals surface area contributed by atoms with E-state index in [0.717, 1.165) is 25.9 Å². The van der Waals surface area contributed by atoms with Gasteiger partial charge >= 0.3 is 0 Å². The summed E-state index contributed by atoms with van der Waals surface area (Å²) >= 11 is 0. The van der Waals surface area contributed by atoms with Crippen LogP contribution in [0.4, 0.5) is 0 Å². The second-order valence-electron chi connectivity index (χ2n) is 7.28. The van der Waals surface area contributed by atoms with Gasteiger partial charge in [0.2, 0.25) is 5.91 Å². The number of carbonyl (C=O) groups is 2. The minimum Gasteiger partial charge on any atom is -0.366 e. The minimum absolute atomic E-state index is 0.00378. The van der Waals surface area contributed by atoms with Gasteiger partial charge in [0.25, 0.3) is 5.91 Å². The molecular weight excluding hydrogens is 344 g/mol. The normalized spacial score (nSPS) is 23.8. The van der Waals surface area contributed by atoms with Crippen LogP contribution in [0.1, 0.15) is 18.4 Å². The van der Waals surface area contributed by atoms with Crippen molar-refractivity contribution in [2.75, 3.05) is 45.9 Å². The van der Waals surface area contributed by atoms with Gasteiger partial charge in [0.15, 0.2) is 0 Å². The Morgan fingerprint density at radius 3 is 2.78 bits per heavy atom. The largest absolute Gasteiger partial charge is 0.366 e. The maximum Gasteiger partial charge on any atom is 0.253 e. The number of ether oxygens (including phenoxy) is 1. The molecule has 0 radical (unpaired) electrons. The maximum absolute atomic E-state index is 13.0. The number of nitrogens with two attached hydrogens (primary N) is 1. The summed E-state index contributed by atoms with van der Waals surface area (Å²) in [7, 11) is 0. The topological polar surface area (TPSA) is 87.9 Å². The zero-order chi connectivity index (χ0) is 19.1. The third kappa shape index (κ3) is 5.51. The summed E-state index contributed by atoms with van der Waals surface area (Å²) in [4.78, 5) is 29.2. The molecule has 2 unspecified atom stereocenters. The zero-order valence-corrected chi connectivity index (χ0v) is 15.8. The number of hydrogen-bond donors (Lipinski definition) is 2. The van der Waals surface area contributed by atoms with Gasteiger partial charge in [-0.3, -0.25) is 14.5 Å². The molecule has 3 rings (SSSR count). The highest BCUT2D eigenvalue weighted by Crippen LogP contribution is 2.19. The molecule has 27 heavy (non-hydrogen) atoms. The molecule has 148 valence electrons. The van der Waals surface area contributed by atoms with Gasteiger partial charge in [0.05, 0.1) is 12.5 Å². The second kappa shape index (κ2) is 9.82. The van der Waals surface area contributed by atoms with E-state index in [1.165, 1.54) is 5.56 Å². The lowest BCUT2D eigenvalue weighted by atomic mass is 9.96. The van der Waals surface area contributed by atoms with Crippen molar-refractivity contribution >= 4 is 11.8 Å². The Labute approximate surface area is 160 Å². The van der Waals surface area contributed by atoms with Gasteiger partial charge in [-0.15, -0.1) is 0 Å². The highest BCUT2D eigenvalue weighted by Gasteiger charge is 2.34. The van der Waals surface area contributed by atoms with Crippen LogP contribution < -0.4 is 11.1 Å². The highest BCUT2D eigenvalue weighted by atomic mass is 16.5. The van der Waals surface area contributed by atoms with Crippen LogP contribution in [-0.2, 0) is 20.9 Å². The third-order valence-corrected chi connectivity index (χ3v) is 5.22. The van der Waals surface area contributed by atoms with Gasteiger partial charge in [0, 0.05) is 45.8 Å². The van der Waals surface area contributed by atoms with Crippen molar-refractivity contribution in [1.82, 2.24) is 15.1 Å². The van der Waals surface area contributed by atoms with Crippen molar-refractivity contribution in [2.24, 2.45) is 11.7 Å². The molecule has 0 spiro atoms. The molecule has 1 aromatic rings. The first-order chi connectivity index (χ1) is 13.2. The maximum atomic E-state index is 13.0. The first-order valence-corrected chi connectivity index (χ1v) is 9.82. The molecule has 3 N–H and O–H groups in total. The van der Waals surface area contributed by atoms with Crippen LogP contribution in [0.25, 0.3) is 0 Å². The van der Waals surface area contributed by atoms with E-state index in [2.05, 4.69) is 22.3 Å². The highest BCUT2D eigenvalue weighted by molar-refractivity contribution is 5.83. The number of nitrogens with zero attached hydrogens (tertiary/aromatic N) is 2. The number of nitrogens with one attached hydrogen (secondary N) is 1. The molecule has 2 heterocycles. The molecule has 7 nitrogen and oxygen atoms in total. The van der Waals surface area contributed by atoms with Crippen LogP contribution in [0.15, 0.2) is 30.3 Å². The number of hydrogen-bond acceptors (Lipinski definition) is 5. The Bertz CT molecular complexity index is 625.